The van der Waals surface area contributed by atoms with Crippen LogP contribution < -0.4 is 14.4 Å². The highest BCUT2D eigenvalue weighted by atomic mass is 32.1. The molecule has 1 fully saturated rings. The lowest BCUT2D eigenvalue weighted by Crippen LogP contribution is -2.28. The van der Waals surface area contributed by atoms with E-state index in [2.05, 4.69) is 4.98 Å². The van der Waals surface area contributed by atoms with Crippen molar-refractivity contribution in [3.63, 3.8) is 0 Å². The Morgan fingerprint density at radius 3 is 2.71 bits per heavy atom. The zero-order valence-electron chi connectivity index (χ0n) is 18.3. The van der Waals surface area contributed by atoms with E-state index in [9.17, 15) is 14.7 Å². The number of anilines is 1. The van der Waals surface area contributed by atoms with Gasteiger partial charge in [0.05, 0.1) is 29.5 Å². The van der Waals surface area contributed by atoms with Gasteiger partial charge < -0.3 is 14.6 Å². The number of carbonyl (C=O) groups is 2. The second-order valence-corrected chi connectivity index (χ2v) is 9.46. The Hall–Kier alpha value is -3.69. The third-order valence-electron chi connectivity index (χ3n) is 5.47. The van der Waals surface area contributed by atoms with E-state index >= 15 is 0 Å². The Kier molecular flexibility index (Phi) is 5.80. The molecular formula is C25H20N2O5S2. The van der Waals surface area contributed by atoms with Crippen molar-refractivity contribution in [3.8, 4) is 11.5 Å². The van der Waals surface area contributed by atoms with Crippen molar-refractivity contribution in [2.24, 2.45) is 0 Å². The monoisotopic (exact) mass is 492 g/mol. The highest BCUT2D eigenvalue weighted by Gasteiger charge is 2.48. The molecule has 2 aromatic carbocycles. The van der Waals surface area contributed by atoms with E-state index in [0.29, 0.717) is 34.3 Å². The maximum atomic E-state index is 13.3. The SMILES string of the molecule is CCOc1cccc(C(O)=C2C(=O)C(=O)N(c3nc4ccc(OC)cc4s3)C2c2cccs2)c1. The van der Waals surface area contributed by atoms with Crippen molar-refractivity contribution in [1.29, 1.82) is 0 Å². The second kappa shape index (κ2) is 8.92. The molecule has 0 bridgehead atoms. The van der Waals surface area contributed by atoms with E-state index in [1.165, 1.54) is 27.6 Å². The van der Waals surface area contributed by atoms with Gasteiger partial charge in [0.1, 0.15) is 23.3 Å². The van der Waals surface area contributed by atoms with Crippen molar-refractivity contribution >= 4 is 55.5 Å². The standard InChI is InChI=1S/C25H20N2O5S2/c1-3-32-16-7-4-6-14(12-16)22(28)20-21(18-8-5-11-33-18)27(24(30)23(20)29)25-26-17-10-9-15(31-2)13-19(17)34-25/h4-13,21,28H,3H2,1-2H3. The maximum absolute atomic E-state index is 13.3. The Morgan fingerprint density at radius 1 is 1.12 bits per heavy atom. The number of Topliss-reactive ketones (excluding diaryl/α,β-unsaturated/α-hetero) is 1. The van der Waals surface area contributed by atoms with Crippen LogP contribution in [0.3, 0.4) is 0 Å². The summed E-state index contributed by atoms with van der Waals surface area (Å²) in [5.74, 6) is -0.493. The number of aliphatic hydroxyl groups is 1. The number of fused-ring (bicyclic) bond motifs is 1. The second-order valence-electron chi connectivity index (χ2n) is 7.48. The first-order valence-electron chi connectivity index (χ1n) is 10.5. The summed E-state index contributed by atoms with van der Waals surface area (Å²) < 4.78 is 11.7. The van der Waals surface area contributed by atoms with Gasteiger partial charge in [-0.1, -0.05) is 29.5 Å². The van der Waals surface area contributed by atoms with E-state index in [1.54, 1.807) is 37.4 Å². The molecule has 1 N–H and O–H groups in total. The zero-order chi connectivity index (χ0) is 23.8. The van der Waals surface area contributed by atoms with E-state index in [4.69, 9.17) is 9.47 Å². The molecule has 1 amide bonds. The van der Waals surface area contributed by atoms with E-state index in [1.807, 2.05) is 36.6 Å². The number of nitrogens with zero attached hydrogens (tertiary/aromatic N) is 2. The van der Waals surface area contributed by atoms with Crippen molar-refractivity contribution in [1.82, 2.24) is 4.98 Å². The molecule has 0 aliphatic carbocycles. The summed E-state index contributed by atoms with van der Waals surface area (Å²) in [4.78, 5) is 33.3. The third kappa shape index (κ3) is 3.72. The van der Waals surface area contributed by atoms with Crippen LogP contribution in [0, 0.1) is 0 Å². The molecule has 1 unspecified atom stereocenters. The smallest absolute Gasteiger partial charge is 0.301 e. The fraction of sp³-hybridized carbons (Fsp3) is 0.160. The number of benzene rings is 2. The molecule has 5 rings (SSSR count). The van der Waals surface area contributed by atoms with Gasteiger partial charge >= 0.3 is 5.91 Å². The topological polar surface area (TPSA) is 89.0 Å². The minimum Gasteiger partial charge on any atom is -0.507 e. The first-order valence-corrected chi connectivity index (χ1v) is 12.2. The molecule has 2 aromatic heterocycles. The van der Waals surface area contributed by atoms with Gasteiger partial charge in [0.2, 0.25) is 0 Å². The lowest BCUT2D eigenvalue weighted by Gasteiger charge is -2.21. The summed E-state index contributed by atoms with van der Waals surface area (Å²) in [5, 5.41) is 13.5. The van der Waals surface area contributed by atoms with E-state index < -0.39 is 17.7 Å². The number of hydrogen-bond acceptors (Lipinski definition) is 8. The lowest BCUT2D eigenvalue weighted by atomic mass is 10.00. The Bertz CT molecular complexity index is 1420. The Morgan fingerprint density at radius 2 is 1.97 bits per heavy atom. The number of amides is 1. The number of carbonyl (C=O) groups excluding carboxylic acids is 2. The summed E-state index contributed by atoms with van der Waals surface area (Å²) >= 11 is 2.70. The molecule has 1 aliphatic heterocycles. The number of ether oxygens (including phenoxy) is 2. The van der Waals surface area contributed by atoms with Crippen molar-refractivity contribution in [2.75, 3.05) is 18.6 Å². The van der Waals surface area contributed by atoms with Crippen molar-refractivity contribution < 1.29 is 24.2 Å². The van der Waals surface area contributed by atoms with Crippen LogP contribution in [-0.4, -0.2) is 35.5 Å². The Balaban J connectivity index is 1.67. The van der Waals surface area contributed by atoms with Gasteiger partial charge in [-0.05, 0) is 48.7 Å². The predicted molar refractivity (Wildman–Crippen MR) is 133 cm³/mol. The highest BCUT2D eigenvalue weighted by molar-refractivity contribution is 7.22. The number of aromatic nitrogens is 1. The van der Waals surface area contributed by atoms with Crippen LogP contribution in [0.1, 0.15) is 23.4 Å². The van der Waals surface area contributed by atoms with Crippen LogP contribution in [0.4, 0.5) is 5.13 Å². The molecule has 0 saturated carbocycles. The van der Waals surface area contributed by atoms with Gasteiger partial charge in [-0.25, -0.2) is 4.98 Å². The molecule has 7 nitrogen and oxygen atoms in total. The van der Waals surface area contributed by atoms with Crippen molar-refractivity contribution in [3.05, 3.63) is 76.0 Å². The number of ketones is 1. The molecule has 172 valence electrons. The molecule has 3 heterocycles. The summed E-state index contributed by atoms with van der Waals surface area (Å²) in [5.41, 5.74) is 1.12. The number of hydrogen-bond donors (Lipinski definition) is 1. The summed E-state index contributed by atoms with van der Waals surface area (Å²) in [6, 6.07) is 15.2. The molecule has 4 aromatic rings. The minimum atomic E-state index is -0.793. The molecule has 1 atom stereocenters. The van der Waals surface area contributed by atoms with Crippen LogP contribution in [0.25, 0.3) is 16.0 Å². The number of rotatable bonds is 6. The fourth-order valence-electron chi connectivity index (χ4n) is 3.92. The van der Waals surface area contributed by atoms with Gasteiger partial charge in [-0.3, -0.25) is 14.5 Å². The predicted octanol–water partition coefficient (Wildman–Crippen LogP) is 5.39. The normalized spacial score (nSPS) is 17.5. The summed E-state index contributed by atoms with van der Waals surface area (Å²) in [7, 11) is 1.58. The van der Waals surface area contributed by atoms with Gasteiger partial charge in [0.15, 0.2) is 5.13 Å². The van der Waals surface area contributed by atoms with Crippen LogP contribution in [0.5, 0.6) is 11.5 Å². The van der Waals surface area contributed by atoms with Crippen LogP contribution in [-0.2, 0) is 9.59 Å². The lowest BCUT2D eigenvalue weighted by molar-refractivity contribution is -0.132. The van der Waals surface area contributed by atoms with Gasteiger partial charge in [-0.15, -0.1) is 11.3 Å². The fourth-order valence-corrected chi connectivity index (χ4v) is 5.77. The number of thiophene rings is 1. The third-order valence-corrected chi connectivity index (χ3v) is 7.41. The quantitative estimate of drug-likeness (QED) is 0.221. The van der Waals surface area contributed by atoms with Crippen molar-refractivity contribution in [2.45, 2.75) is 13.0 Å². The first-order chi connectivity index (χ1) is 16.5. The largest absolute Gasteiger partial charge is 0.507 e. The van der Waals surface area contributed by atoms with Gasteiger partial charge in [0.25, 0.3) is 5.78 Å². The first kappa shape index (κ1) is 22.1. The van der Waals surface area contributed by atoms with E-state index in [0.717, 1.165) is 9.58 Å². The van der Waals surface area contributed by atoms with Crippen LogP contribution in [0.15, 0.2) is 65.6 Å². The molecule has 34 heavy (non-hydrogen) atoms. The Labute approximate surface area is 203 Å². The minimum absolute atomic E-state index is 0.0259. The van der Waals surface area contributed by atoms with E-state index in [-0.39, 0.29) is 11.3 Å². The number of methoxy groups -OCH3 is 1. The average Bonchev–Trinajstić information content (AvgIpc) is 3.57. The number of aliphatic hydroxyl groups excluding tert-OH is 1. The molecular weight excluding hydrogens is 472 g/mol. The summed E-state index contributed by atoms with van der Waals surface area (Å²) in [6.45, 7) is 2.33. The van der Waals surface area contributed by atoms with Crippen LogP contribution in [0.2, 0.25) is 0 Å². The molecule has 1 saturated heterocycles. The zero-order valence-corrected chi connectivity index (χ0v) is 20.0. The van der Waals surface area contributed by atoms with Gasteiger partial charge in [0, 0.05) is 10.4 Å². The van der Waals surface area contributed by atoms with Gasteiger partial charge in [-0.2, -0.15) is 0 Å². The average molecular weight is 493 g/mol. The molecule has 0 spiro atoms. The number of thiazole rings is 1. The molecule has 1 aliphatic rings. The molecule has 9 heteroatoms. The highest BCUT2D eigenvalue weighted by Crippen LogP contribution is 2.45. The summed E-state index contributed by atoms with van der Waals surface area (Å²) in [6.07, 6.45) is 0. The molecule has 0 radical (unpaired) electrons. The maximum Gasteiger partial charge on any atom is 0.301 e. The van der Waals surface area contributed by atoms with Crippen LogP contribution >= 0.6 is 22.7 Å².